The summed E-state index contributed by atoms with van der Waals surface area (Å²) in [6.07, 6.45) is 10.1. The first-order valence-corrected chi connectivity index (χ1v) is 15.4. The zero-order chi connectivity index (χ0) is 29.5. The molecule has 7 nitrogen and oxygen atoms in total. The highest BCUT2D eigenvalue weighted by Gasteiger charge is 2.17. The van der Waals surface area contributed by atoms with Gasteiger partial charge < -0.3 is 15.1 Å². The van der Waals surface area contributed by atoms with E-state index in [1.165, 1.54) is 71.4 Å². The molecule has 2 aliphatic rings. The highest BCUT2D eigenvalue weighted by molar-refractivity contribution is 5.88. The number of nitrogens with zero attached hydrogens (tertiary/aromatic N) is 6. The van der Waals surface area contributed by atoms with Crippen LogP contribution in [-0.2, 0) is 13.6 Å². The molecule has 222 valence electrons. The topological polar surface area (TPSA) is 52.5 Å². The molecule has 2 aromatic carbocycles. The Labute approximate surface area is 251 Å². The van der Waals surface area contributed by atoms with Gasteiger partial charge in [-0.3, -0.25) is 9.58 Å². The molecule has 6 rings (SSSR count). The summed E-state index contributed by atoms with van der Waals surface area (Å²) in [4.78, 5) is 11.8. The summed E-state index contributed by atoms with van der Waals surface area (Å²) >= 11 is 0. The molecule has 0 atom stereocenters. The molecule has 0 spiro atoms. The summed E-state index contributed by atoms with van der Waals surface area (Å²) in [6, 6.07) is 17.5. The van der Waals surface area contributed by atoms with Crippen LogP contribution in [0.25, 0.3) is 28.0 Å². The molecule has 2 aromatic heterocycles. The Hall–Kier alpha value is -3.68. The number of pyridine rings is 1. The number of likely N-dealkylation sites (N-methyl/N-ethyl adjacent to an activating group) is 1. The minimum absolute atomic E-state index is 0.893. The lowest BCUT2D eigenvalue weighted by atomic mass is 10.0. The van der Waals surface area contributed by atoms with E-state index in [1.807, 2.05) is 31.2 Å². The van der Waals surface area contributed by atoms with Gasteiger partial charge in [-0.1, -0.05) is 42.3 Å². The third-order valence-corrected chi connectivity index (χ3v) is 8.37. The quantitative estimate of drug-likeness (QED) is 0.287. The van der Waals surface area contributed by atoms with Gasteiger partial charge in [-0.25, -0.2) is 4.98 Å². The van der Waals surface area contributed by atoms with Crippen LogP contribution < -0.4 is 10.2 Å². The minimum atomic E-state index is 0.893. The van der Waals surface area contributed by atoms with Gasteiger partial charge in [0.2, 0.25) is 0 Å². The first-order valence-electron chi connectivity index (χ1n) is 15.4. The maximum Gasteiger partial charge on any atom is 0.126 e. The third kappa shape index (κ3) is 7.58. The van der Waals surface area contributed by atoms with Crippen molar-refractivity contribution in [3.05, 3.63) is 77.8 Å². The first-order chi connectivity index (χ1) is 20.4. The van der Waals surface area contributed by atoms with Crippen molar-refractivity contribution in [1.82, 2.24) is 24.6 Å². The molecule has 2 saturated heterocycles. The molecule has 0 aliphatic carbocycles. The van der Waals surface area contributed by atoms with E-state index in [-0.39, 0.29) is 0 Å². The molecule has 1 N–H and O–H groups in total. The van der Waals surface area contributed by atoms with Crippen LogP contribution in [0.5, 0.6) is 0 Å². The summed E-state index contributed by atoms with van der Waals surface area (Å²) in [5.74, 6) is 0.893. The summed E-state index contributed by atoms with van der Waals surface area (Å²) in [5, 5.41) is 10.0. The normalized spacial score (nSPS) is 16.2. The molecule has 7 heteroatoms. The Morgan fingerprint density at radius 3 is 2.38 bits per heavy atom. The standard InChI is InChI=1S/C20H25N5.C15H22N2/c1-21-20-11-17-10-15(6-7-16(17)12-22-20)18-13-23-24(2)19(18)14-25-8-4-3-5-9-25;1-13(2)11-14-5-4-6-15(12-14)17-9-7-16(3)8-10-17/h6-7,10-13H,3-5,8-9,14H2,1-2H3,(H,21,22);4-6,11-12H,7-10H2,1-3H3. The Balaban J connectivity index is 0.000000181. The van der Waals surface area contributed by atoms with Gasteiger partial charge in [-0.05, 0) is 87.6 Å². The van der Waals surface area contributed by atoms with Gasteiger partial charge in [0, 0.05) is 69.7 Å². The monoisotopic (exact) mass is 565 g/mol. The highest BCUT2D eigenvalue weighted by Crippen LogP contribution is 2.29. The van der Waals surface area contributed by atoms with Gasteiger partial charge in [0.15, 0.2) is 0 Å². The Morgan fingerprint density at radius 2 is 1.64 bits per heavy atom. The number of benzene rings is 2. The predicted molar refractivity (Wildman–Crippen MR) is 178 cm³/mol. The molecule has 0 unspecified atom stereocenters. The maximum absolute atomic E-state index is 4.54. The van der Waals surface area contributed by atoms with Crippen molar-refractivity contribution in [2.75, 3.05) is 63.6 Å². The fourth-order valence-corrected chi connectivity index (χ4v) is 5.88. The van der Waals surface area contributed by atoms with Gasteiger partial charge in [0.25, 0.3) is 0 Å². The number of hydrogen-bond acceptors (Lipinski definition) is 6. The lowest BCUT2D eigenvalue weighted by Crippen LogP contribution is -2.44. The van der Waals surface area contributed by atoms with E-state index in [2.05, 4.69) is 106 Å². The molecule has 42 heavy (non-hydrogen) atoms. The first kappa shape index (κ1) is 29.8. The smallest absolute Gasteiger partial charge is 0.126 e. The van der Waals surface area contributed by atoms with Crippen molar-refractivity contribution in [3.63, 3.8) is 0 Å². The average molecular weight is 566 g/mol. The van der Waals surface area contributed by atoms with Crippen LogP contribution in [0.3, 0.4) is 0 Å². The highest BCUT2D eigenvalue weighted by atomic mass is 15.3. The molecule has 0 radical (unpaired) electrons. The van der Waals surface area contributed by atoms with E-state index in [1.54, 1.807) is 0 Å². The van der Waals surface area contributed by atoms with Crippen LogP contribution in [0, 0.1) is 0 Å². The molecule has 4 heterocycles. The van der Waals surface area contributed by atoms with E-state index >= 15 is 0 Å². The number of aromatic nitrogens is 3. The van der Waals surface area contributed by atoms with Crippen molar-refractivity contribution in [2.24, 2.45) is 7.05 Å². The molecule has 0 amide bonds. The van der Waals surface area contributed by atoms with Crippen LogP contribution >= 0.6 is 0 Å². The van der Waals surface area contributed by atoms with Gasteiger partial charge >= 0.3 is 0 Å². The van der Waals surface area contributed by atoms with Crippen molar-refractivity contribution in [2.45, 2.75) is 39.7 Å². The lowest BCUT2D eigenvalue weighted by molar-refractivity contribution is 0.216. The van der Waals surface area contributed by atoms with Crippen molar-refractivity contribution in [1.29, 1.82) is 0 Å². The molecule has 2 aliphatic heterocycles. The number of rotatable bonds is 6. The van der Waals surface area contributed by atoms with E-state index in [0.29, 0.717) is 0 Å². The molecule has 2 fully saturated rings. The van der Waals surface area contributed by atoms with Crippen molar-refractivity contribution < 1.29 is 0 Å². The van der Waals surface area contributed by atoms with E-state index in [9.17, 15) is 0 Å². The van der Waals surface area contributed by atoms with E-state index in [0.717, 1.165) is 43.9 Å². The number of allylic oxidation sites excluding steroid dienone is 1. The molecule has 4 aromatic rings. The van der Waals surface area contributed by atoms with Gasteiger partial charge in [0.1, 0.15) is 5.82 Å². The number of fused-ring (bicyclic) bond motifs is 1. The predicted octanol–water partition coefficient (Wildman–Crippen LogP) is 6.52. The molecular weight excluding hydrogens is 518 g/mol. The lowest BCUT2D eigenvalue weighted by Gasteiger charge is -2.34. The van der Waals surface area contributed by atoms with E-state index < -0.39 is 0 Å². The summed E-state index contributed by atoms with van der Waals surface area (Å²) in [5.41, 5.74) is 7.76. The summed E-state index contributed by atoms with van der Waals surface area (Å²) in [7, 11) is 6.14. The van der Waals surface area contributed by atoms with Crippen LogP contribution in [-0.4, -0.2) is 77.9 Å². The van der Waals surface area contributed by atoms with Crippen LogP contribution in [0.2, 0.25) is 0 Å². The fraction of sp³-hybridized carbons (Fsp3) is 0.429. The number of anilines is 2. The number of nitrogens with one attached hydrogen (secondary N) is 1. The average Bonchev–Trinajstić information content (AvgIpc) is 3.37. The zero-order valence-corrected chi connectivity index (χ0v) is 26.1. The number of piperazine rings is 1. The van der Waals surface area contributed by atoms with Crippen molar-refractivity contribution in [3.8, 4) is 11.1 Å². The van der Waals surface area contributed by atoms with Crippen LogP contribution in [0.4, 0.5) is 11.5 Å². The number of aryl methyl sites for hydroxylation is 1. The third-order valence-electron chi connectivity index (χ3n) is 8.37. The maximum atomic E-state index is 4.54. The summed E-state index contributed by atoms with van der Waals surface area (Å²) in [6.45, 7) is 12.2. The van der Waals surface area contributed by atoms with Gasteiger partial charge in [0.05, 0.1) is 11.9 Å². The van der Waals surface area contributed by atoms with Gasteiger partial charge in [-0.15, -0.1) is 0 Å². The van der Waals surface area contributed by atoms with E-state index in [4.69, 9.17) is 0 Å². The Morgan fingerprint density at radius 1 is 0.857 bits per heavy atom. The second-order valence-corrected chi connectivity index (χ2v) is 12.0. The number of piperidine rings is 1. The Bertz CT molecular complexity index is 1490. The minimum Gasteiger partial charge on any atom is -0.373 e. The SMILES string of the molecule is CC(C)=Cc1cccc(N2CCN(C)CC2)c1.CNc1cc2cc(-c3cnn(C)c3CN3CCCCC3)ccc2cn1. The number of hydrogen-bond donors (Lipinski definition) is 1. The Kier molecular flexibility index (Phi) is 9.93. The van der Waals surface area contributed by atoms with Crippen LogP contribution in [0.15, 0.2) is 66.5 Å². The largest absolute Gasteiger partial charge is 0.373 e. The molecule has 0 bridgehead atoms. The molecular formula is C35H47N7. The zero-order valence-electron chi connectivity index (χ0n) is 26.1. The summed E-state index contributed by atoms with van der Waals surface area (Å²) < 4.78 is 2.03. The van der Waals surface area contributed by atoms with Crippen LogP contribution in [0.1, 0.15) is 44.4 Å². The second kappa shape index (κ2) is 14.0. The molecule has 0 saturated carbocycles. The second-order valence-electron chi connectivity index (χ2n) is 12.0. The number of likely N-dealkylation sites (tertiary alicyclic amines) is 1. The van der Waals surface area contributed by atoms with Crippen molar-refractivity contribution >= 4 is 28.4 Å². The fourth-order valence-electron chi connectivity index (χ4n) is 5.88. The van der Waals surface area contributed by atoms with Gasteiger partial charge in [-0.2, -0.15) is 5.10 Å².